The van der Waals surface area contributed by atoms with Crippen LogP contribution in [0.1, 0.15) is 41.5 Å². The van der Waals surface area contributed by atoms with Crippen molar-refractivity contribution in [2.24, 2.45) is 10.9 Å². The topological polar surface area (TPSA) is 50.7 Å². The predicted molar refractivity (Wildman–Crippen MR) is 125 cm³/mol. The largest absolute Gasteiger partial charge is 0.497 e. The van der Waals surface area contributed by atoms with Crippen LogP contribution in [0.2, 0.25) is 0 Å². The Kier molecular flexibility index (Phi) is 5.06. The van der Waals surface area contributed by atoms with Crippen LogP contribution in [-0.2, 0) is 4.79 Å². The van der Waals surface area contributed by atoms with Crippen molar-refractivity contribution in [3.63, 3.8) is 0 Å². The van der Waals surface area contributed by atoms with Gasteiger partial charge in [-0.05, 0) is 54.7 Å². The third-order valence-corrected chi connectivity index (χ3v) is 6.42. The number of carbonyl (C=O) groups excluding carboxylic acids is 1. The van der Waals surface area contributed by atoms with E-state index in [1.165, 1.54) is 11.1 Å². The van der Waals surface area contributed by atoms with Crippen molar-refractivity contribution in [1.82, 2.24) is 0 Å². The lowest BCUT2D eigenvalue weighted by Gasteiger charge is -2.34. The summed E-state index contributed by atoms with van der Waals surface area (Å²) in [6, 6.07) is 24.4. The number of benzene rings is 3. The summed E-state index contributed by atoms with van der Waals surface area (Å²) in [4.78, 5) is 18.6. The minimum atomic E-state index is -0.291. The summed E-state index contributed by atoms with van der Waals surface area (Å²) in [6.07, 6.45) is 1.32. The number of nitrogens with zero attached hydrogens (tertiary/aromatic N) is 1. The molecule has 0 bridgehead atoms. The van der Waals surface area contributed by atoms with E-state index in [0.717, 1.165) is 34.8 Å². The molecule has 4 nitrogen and oxygen atoms in total. The number of methoxy groups -OCH3 is 1. The van der Waals surface area contributed by atoms with Gasteiger partial charge in [0.25, 0.3) is 0 Å². The zero-order chi connectivity index (χ0) is 21.4. The van der Waals surface area contributed by atoms with Gasteiger partial charge in [0.05, 0.1) is 30.4 Å². The Morgan fingerprint density at radius 1 is 0.935 bits per heavy atom. The van der Waals surface area contributed by atoms with Crippen LogP contribution >= 0.6 is 0 Å². The highest BCUT2D eigenvalue weighted by Crippen LogP contribution is 2.44. The molecule has 2 aliphatic rings. The molecule has 31 heavy (non-hydrogen) atoms. The standard InChI is InChI=1S/C27H26N2O2/c1-17-10-12-18(13-11-17)20-15-24-26(25(30)16-20)27(19-6-5-7-21(14-19)31-2)29-23-9-4-3-8-22(23)28-24/h3-14,20,26-27,29H,15-16H2,1-2H3/t20-,26?,27-/m0/s1. The van der Waals surface area contributed by atoms with Crippen molar-refractivity contribution >= 4 is 22.9 Å². The summed E-state index contributed by atoms with van der Waals surface area (Å²) in [6.45, 7) is 2.09. The maximum atomic E-state index is 13.6. The van der Waals surface area contributed by atoms with Crippen LogP contribution in [0, 0.1) is 12.8 Å². The third-order valence-electron chi connectivity index (χ3n) is 6.42. The van der Waals surface area contributed by atoms with Crippen molar-refractivity contribution in [1.29, 1.82) is 0 Å². The molecular formula is C27H26N2O2. The maximum Gasteiger partial charge on any atom is 0.144 e. The smallest absolute Gasteiger partial charge is 0.144 e. The van der Waals surface area contributed by atoms with Crippen LogP contribution < -0.4 is 10.1 Å². The number of ether oxygens (including phenoxy) is 1. The molecule has 3 aromatic rings. The van der Waals surface area contributed by atoms with E-state index in [9.17, 15) is 4.79 Å². The zero-order valence-electron chi connectivity index (χ0n) is 17.8. The fourth-order valence-electron chi connectivity index (χ4n) is 4.78. The predicted octanol–water partition coefficient (Wildman–Crippen LogP) is 6.01. The number of rotatable bonds is 3. The fraction of sp³-hybridized carbons (Fsp3) is 0.259. The van der Waals surface area contributed by atoms with Crippen molar-refractivity contribution in [3.05, 3.63) is 89.5 Å². The summed E-state index contributed by atoms with van der Waals surface area (Å²) in [7, 11) is 1.67. The molecule has 1 N–H and O–H groups in total. The lowest BCUT2D eigenvalue weighted by atomic mass is 9.72. The maximum absolute atomic E-state index is 13.6. The van der Waals surface area contributed by atoms with E-state index in [1.807, 2.05) is 42.5 Å². The Bertz CT molecular complexity index is 1150. The molecular weight excluding hydrogens is 384 g/mol. The van der Waals surface area contributed by atoms with Crippen LogP contribution in [-0.4, -0.2) is 18.6 Å². The van der Waals surface area contributed by atoms with Crippen LogP contribution in [0.3, 0.4) is 0 Å². The summed E-state index contributed by atoms with van der Waals surface area (Å²) in [5.74, 6) is 0.903. The molecule has 0 spiro atoms. The van der Waals surface area contributed by atoms with E-state index >= 15 is 0 Å². The van der Waals surface area contributed by atoms with Gasteiger partial charge < -0.3 is 10.1 Å². The van der Waals surface area contributed by atoms with Gasteiger partial charge in [0.15, 0.2) is 0 Å². The highest BCUT2D eigenvalue weighted by Gasteiger charge is 2.41. The second-order valence-electron chi connectivity index (χ2n) is 8.48. The molecule has 4 heteroatoms. The molecule has 5 rings (SSSR count). The molecule has 3 aromatic carbocycles. The Labute approximate surface area is 183 Å². The van der Waals surface area contributed by atoms with Gasteiger partial charge in [-0.15, -0.1) is 0 Å². The van der Waals surface area contributed by atoms with E-state index in [4.69, 9.17) is 9.73 Å². The Hall–Kier alpha value is -3.40. The normalized spacial score (nSPS) is 22.5. The first kappa shape index (κ1) is 19.6. The summed E-state index contributed by atoms with van der Waals surface area (Å²) in [5.41, 5.74) is 6.29. The lowest BCUT2D eigenvalue weighted by Crippen LogP contribution is -2.38. The Balaban J connectivity index is 1.58. The molecule has 1 heterocycles. The van der Waals surface area contributed by atoms with Gasteiger partial charge >= 0.3 is 0 Å². The number of aryl methyl sites for hydroxylation is 1. The number of ketones is 1. The van der Waals surface area contributed by atoms with Crippen LogP contribution in [0.15, 0.2) is 77.8 Å². The highest BCUT2D eigenvalue weighted by molar-refractivity contribution is 6.10. The first-order valence-corrected chi connectivity index (χ1v) is 10.8. The Morgan fingerprint density at radius 3 is 2.55 bits per heavy atom. The molecule has 0 aromatic heterocycles. The van der Waals surface area contributed by atoms with Gasteiger partial charge in [-0.1, -0.05) is 54.1 Å². The van der Waals surface area contributed by atoms with Crippen molar-refractivity contribution < 1.29 is 9.53 Å². The number of fused-ring (bicyclic) bond motifs is 2. The second kappa shape index (κ2) is 8.03. The van der Waals surface area contributed by atoms with Crippen LogP contribution in [0.25, 0.3) is 0 Å². The number of nitrogens with one attached hydrogen (secondary N) is 1. The highest BCUT2D eigenvalue weighted by atomic mass is 16.5. The number of carbonyl (C=O) groups is 1. The molecule has 1 saturated carbocycles. The van der Waals surface area contributed by atoms with E-state index in [0.29, 0.717) is 6.42 Å². The van der Waals surface area contributed by atoms with E-state index in [1.54, 1.807) is 7.11 Å². The SMILES string of the molecule is COc1cccc([C@@H]2Nc3ccccc3N=C3C[C@H](c4ccc(C)cc4)CC(=O)C32)c1. The average Bonchev–Trinajstić information content (AvgIpc) is 2.96. The minimum absolute atomic E-state index is 0.166. The lowest BCUT2D eigenvalue weighted by molar-refractivity contribution is -0.122. The van der Waals surface area contributed by atoms with Crippen LogP contribution in [0.4, 0.5) is 11.4 Å². The molecule has 0 amide bonds. The number of para-hydroxylation sites is 2. The second-order valence-corrected chi connectivity index (χ2v) is 8.48. The first-order valence-electron chi connectivity index (χ1n) is 10.8. The van der Waals surface area contributed by atoms with Gasteiger partial charge in [0, 0.05) is 12.1 Å². The van der Waals surface area contributed by atoms with Gasteiger partial charge in [0.1, 0.15) is 11.5 Å². The van der Waals surface area contributed by atoms with Crippen molar-refractivity contribution in [2.75, 3.05) is 12.4 Å². The number of hydrogen-bond acceptors (Lipinski definition) is 4. The van der Waals surface area contributed by atoms with Crippen LogP contribution in [0.5, 0.6) is 5.75 Å². The summed E-state index contributed by atoms with van der Waals surface area (Å²) in [5, 5.41) is 3.63. The Morgan fingerprint density at radius 2 is 1.74 bits per heavy atom. The number of aliphatic imine (C=N–C) groups is 1. The monoisotopic (exact) mass is 410 g/mol. The molecule has 0 radical (unpaired) electrons. The third kappa shape index (κ3) is 3.74. The van der Waals surface area contributed by atoms with Gasteiger partial charge in [-0.25, -0.2) is 0 Å². The zero-order valence-corrected chi connectivity index (χ0v) is 17.8. The quantitative estimate of drug-likeness (QED) is 0.576. The minimum Gasteiger partial charge on any atom is -0.497 e. The summed E-state index contributed by atoms with van der Waals surface area (Å²) >= 11 is 0. The molecule has 1 aliphatic heterocycles. The first-order chi connectivity index (χ1) is 15.1. The van der Waals surface area contributed by atoms with Gasteiger partial charge in [0.2, 0.25) is 0 Å². The summed E-state index contributed by atoms with van der Waals surface area (Å²) < 4.78 is 5.45. The van der Waals surface area contributed by atoms with E-state index < -0.39 is 0 Å². The number of anilines is 1. The molecule has 1 fully saturated rings. The van der Waals surface area contributed by atoms with Gasteiger partial charge in [-0.3, -0.25) is 9.79 Å². The molecule has 1 unspecified atom stereocenters. The van der Waals surface area contributed by atoms with E-state index in [2.05, 4.69) is 42.6 Å². The molecule has 156 valence electrons. The van der Waals surface area contributed by atoms with Crippen molar-refractivity contribution in [3.8, 4) is 5.75 Å². The molecule has 1 aliphatic carbocycles. The number of Topliss-reactive ketones (excluding diaryl/α,β-unsaturated/α-hetero) is 1. The van der Waals surface area contributed by atoms with E-state index in [-0.39, 0.29) is 23.7 Å². The average molecular weight is 411 g/mol. The van der Waals surface area contributed by atoms with Crippen molar-refractivity contribution in [2.45, 2.75) is 31.7 Å². The number of hydrogen-bond donors (Lipinski definition) is 1. The van der Waals surface area contributed by atoms with Gasteiger partial charge in [-0.2, -0.15) is 0 Å². The molecule has 3 atom stereocenters. The fourth-order valence-corrected chi connectivity index (χ4v) is 4.78. The molecule has 0 saturated heterocycles.